The van der Waals surface area contributed by atoms with E-state index in [4.69, 9.17) is 5.73 Å². The maximum atomic E-state index is 13.5. The van der Waals surface area contributed by atoms with Gasteiger partial charge in [0, 0.05) is 24.5 Å². The summed E-state index contributed by atoms with van der Waals surface area (Å²) < 4.78 is 13.5. The minimum atomic E-state index is -0.467. The first kappa shape index (κ1) is 18.3. The van der Waals surface area contributed by atoms with Gasteiger partial charge in [0.25, 0.3) is 0 Å². The van der Waals surface area contributed by atoms with E-state index in [0.717, 1.165) is 49.7 Å². The Morgan fingerprint density at radius 1 is 1.07 bits per heavy atom. The second-order valence-electron chi connectivity index (χ2n) is 7.01. The van der Waals surface area contributed by atoms with Crippen molar-refractivity contribution in [1.29, 1.82) is 0 Å². The monoisotopic (exact) mass is 380 g/mol. The van der Waals surface area contributed by atoms with Crippen molar-refractivity contribution in [3.63, 3.8) is 0 Å². The summed E-state index contributed by atoms with van der Waals surface area (Å²) in [6.45, 7) is 3.97. The number of halogens is 1. The van der Waals surface area contributed by atoms with Crippen LogP contribution >= 0.6 is 0 Å². The molecule has 28 heavy (non-hydrogen) atoms. The third-order valence-corrected chi connectivity index (χ3v) is 5.08. The number of aliphatic imine (C=N–C) groups is 2. The lowest BCUT2D eigenvalue weighted by Gasteiger charge is -2.38. The van der Waals surface area contributed by atoms with Crippen LogP contribution in [0.3, 0.4) is 0 Å². The zero-order valence-electron chi connectivity index (χ0n) is 16.0. The molecule has 0 aromatic heterocycles. The van der Waals surface area contributed by atoms with Crippen molar-refractivity contribution >= 4 is 23.3 Å². The molecule has 2 aliphatic rings. The molecule has 0 saturated carbocycles. The Morgan fingerprint density at radius 3 is 2.39 bits per heavy atom. The number of likely N-dealkylation sites (tertiary alicyclic amines) is 1. The number of aryl methyl sites for hydroxylation is 1. The molecule has 0 aliphatic carbocycles. The molecule has 0 amide bonds. The molecule has 0 radical (unpaired) electrons. The third kappa shape index (κ3) is 3.78. The standard InChI is InChI=1S/C21H25FN6/c1-2-15-5-9-17(10-6-15)24-20-25-19(23)26-21(27-13-3-4-14-27)28(20)18-11-7-16(22)8-12-18/h5-12,20,24H,2-4,13-14H2,1H3,(H2,23,25). The molecule has 4 rings (SSSR count). The summed E-state index contributed by atoms with van der Waals surface area (Å²) >= 11 is 0. The molecule has 0 spiro atoms. The number of nitrogens with zero attached hydrogens (tertiary/aromatic N) is 4. The molecule has 2 aromatic rings. The lowest BCUT2D eigenvalue weighted by molar-refractivity contribution is 0.497. The van der Waals surface area contributed by atoms with Crippen LogP contribution in [-0.4, -0.2) is 36.2 Å². The highest BCUT2D eigenvalue weighted by Crippen LogP contribution is 2.26. The van der Waals surface area contributed by atoms with Crippen LogP contribution in [0.4, 0.5) is 15.8 Å². The fourth-order valence-corrected chi connectivity index (χ4v) is 3.56. The van der Waals surface area contributed by atoms with Crippen LogP contribution in [-0.2, 0) is 6.42 Å². The van der Waals surface area contributed by atoms with Crippen LogP contribution in [0.5, 0.6) is 0 Å². The minimum Gasteiger partial charge on any atom is -0.368 e. The van der Waals surface area contributed by atoms with Gasteiger partial charge in [0.1, 0.15) is 5.82 Å². The summed E-state index contributed by atoms with van der Waals surface area (Å²) in [5.74, 6) is 0.713. The predicted molar refractivity (Wildman–Crippen MR) is 112 cm³/mol. The normalized spacial score (nSPS) is 19.4. The van der Waals surface area contributed by atoms with E-state index >= 15 is 0 Å². The van der Waals surface area contributed by atoms with Gasteiger partial charge in [-0.3, -0.25) is 4.90 Å². The van der Waals surface area contributed by atoms with Gasteiger partial charge in [-0.05, 0) is 61.2 Å². The third-order valence-electron chi connectivity index (χ3n) is 5.08. The van der Waals surface area contributed by atoms with Crippen molar-refractivity contribution < 1.29 is 4.39 Å². The van der Waals surface area contributed by atoms with Crippen molar-refractivity contribution in [1.82, 2.24) is 4.90 Å². The second-order valence-corrected chi connectivity index (χ2v) is 7.01. The van der Waals surface area contributed by atoms with Gasteiger partial charge in [-0.1, -0.05) is 19.1 Å². The molecule has 1 fully saturated rings. The van der Waals surface area contributed by atoms with Gasteiger partial charge in [-0.2, -0.15) is 4.99 Å². The highest BCUT2D eigenvalue weighted by molar-refractivity contribution is 6.06. The summed E-state index contributed by atoms with van der Waals surface area (Å²) in [5.41, 5.74) is 9.08. The number of hydrogen-bond donors (Lipinski definition) is 2. The fraction of sp³-hybridized carbons (Fsp3) is 0.333. The molecular weight excluding hydrogens is 355 g/mol. The molecule has 1 saturated heterocycles. The fourth-order valence-electron chi connectivity index (χ4n) is 3.56. The predicted octanol–water partition coefficient (Wildman–Crippen LogP) is 3.37. The zero-order valence-corrected chi connectivity index (χ0v) is 16.0. The number of benzene rings is 2. The number of anilines is 2. The van der Waals surface area contributed by atoms with Crippen LogP contribution in [0.1, 0.15) is 25.3 Å². The molecule has 1 unspecified atom stereocenters. The molecule has 0 bridgehead atoms. The molecule has 2 heterocycles. The highest BCUT2D eigenvalue weighted by Gasteiger charge is 2.32. The van der Waals surface area contributed by atoms with Gasteiger partial charge in [0.15, 0.2) is 0 Å². The van der Waals surface area contributed by atoms with E-state index < -0.39 is 6.29 Å². The van der Waals surface area contributed by atoms with E-state index in [1.807, 2.05) is 17.0 Å². The van der Waals surface area contributed by atoms with E-state index in [1.54, 1.807) is 12.1 Å². The Hall–Kier alpha value is -3.09. The van der Waals surface area contributed by atoms with E-state index in [-0.39, 0.29) is 11.8 Å². The smallest absolute Gasteiger partial charge is 0.222 e. The van der Waals surface area contributed by atoms with Crippen LogP contribution < -0.4 is 16.0 Å². The zero-order chi connectivity index (χ0) is 19.5. The largest absolute Gasteiger partial charge is 0.368 e. The first-order chi connectivity index (χ1) is 13.6. The number of hydrogen-bond acceptors (Lipinski definition) is 6. The summed E-state index contributed by atoms with van der Waals surface area (Å²) in [6.07, 6.45) is 2.75. The lowest BCUT2D eigenvalue weighted by atomic mass is 10.1. The molecular formula is C21H25FN6. The van der Waals surface area contributed by atoms with E-state index in [2.05, 4.69) is 39.3 Å². The molecule has 1 atom stereocenters. The number of rotatable bonds is 4. The van der Waals surface area contributed by atoms with Crippen LogP contribution in [0.2, 0.25) is 0 Å². The molecule has 3 N–H and O–H groups in total. The van der Waals surface area contributed by atoms with Gasteiger partial charge in [-0.15, -0.1) is 0 Å². The number of guanidine groups is 2. The van der Waals surface area contributed by atoms with E-state index in [9.17, 15) is 4.39 Å². The number of nitrogens with two attached hydrogens (primary N) is 1. The topological polar surface area (TPSA) is 69.2 Å². The molecule has 2 aromatic carbocycles. The summed E-state index contributed by atoms with van der Waals surface area (Å²) in [6, 6.07) is 14.6. The maximum Gasteiger partial charge on any atom is 0.222 e. The quantitative estimate of drug-likeness (QED) is 0.853. The van der Waals surface area contributed by atoms with Crippen molar-refractivity contribution in [2.45, 2.75) is 32.5 Å². The van der Waals surface area contributed by atoms with Gasteiger partial charge in [0.05, 0.1) is 0 Å². The highest BCUT2D eigenvalue weighted by atomic mass is 19.1. The summed E-state index contributed by atoms with van der Waals surface area (Å²) in [7, 11) is 0. The van der Waals surface area contributed by atoms with Gasteiger partial charge in [-0.25, -0.2) is 9.38 Å². The summed E-state index contributed by atoms with van der Waals surface area (Å²) in [4.78, 5) is 13.2. The average Bonchev–Trinajstić information content (AvgIpc) is 3.24. The Balaban J connectivity index is 1.69. The van der Waals surface area contributed by atoms with Gasteiger partial charge in [0.2, 0.25) is 18.2 Å². The van der Waals surface area contributed by atoms with Crippen molar-refractivity contribution in [2.24, 2.45) is 15.7 Å². The van der Waals surface area contributed by atoms with E-state index in [0.29, 0.717) is 0 Å². The number of nitrogens with one attached hydrogen (secondary N) is 1. The van der Waals surface area contributed by atoms with E-state index in [1.165, 1.54) is 17.7 Å². The van der Waals surface area contributed by atoms with Crippen LogP contribution in [0.15, 0.2) is 58.5 Å². The van der Waals surface area contributed by atoms with Crippen molar-refractivity contribution in [3.05, 3.63) is 59.9 Å². The van der Waals surface area contributed by atoms with Crippen molar-refractivity contribution in [2.75, 3.05) is 23.3 Å². The van der Waals surface area contributed by atoms with Crippen LogP contribution in [0, 0.1) is 5.82 Å². The molecule has 7 heteroatoms. The lowest BCUT2D eigenvalue weighted by Crippen LogP contribution is -2.54. The first-order valence-electron chi connectivity index (χ1n) is 9.71. The second kappa shape index (κ2) is 7.88. The average molecular weight is 380 g/mol. The van der Waals surface area contributed by atoms with Crippen molar-refractivity contribution in [3.8, 4) is 0 Å². The SMILES string of the molecule is CCc1ccc(NC2N=C(N)N=C(N3CCCC3)N2c2ccc(F)cc2)cc1. The molecule has 146 valence electrons. The Bertz CT molecular complexity index is 869. The summed E-state index contributed by atoms with van der Waals surface area (Å²) in [5, 5.41) is 3.44. The molecule has 2 aliphatic heterocycles. The Morgan fingerprint density at radius 2 is 1.75 bits per heavy atom. The molecule has 6 nitrogen and oxygen atoms in total. The van der Waals surface area contributed by atoms with Gasteiger partial charge >= 0.3 is 0 Å². The maximum absolute atomic E-state index is 13.5. The van der Waals surface area contributed by atoms with Crippen LogP contribution in [0.25, 0.3) is 0 Å². The minimum absolute atomic E-state index is 0.239. The Kier molecular flexibility index (Phi) is 5.14. The van der Waals surface area contributed by atoms with Gasteiger partial charge < -0.3 is 16.0 Å². The first-order valence-corrected chi connectivity index (χ1v) is 9.71. The Labute approximate surface area is 164 Å².